The standard InChI is InChI=1S/C25H24F3NO3/c1-3-31-22-14-23-20(18-6-4-5-7-21(18)32-23)13-19(22)15(2)12-24(30)29-17-10-8-16(9-11-17)25(26,27)28/h8-14H,3-7H2,1-2H3,(H,29,30)/b15-12+. The fourth-order valence-electron chi connectivity index (χ4n) is 4.07. The van der Waals surface area contributed by atoms with Crippen LogP contribution in [0.15, 0.2) is 46.9 Å². The van der Waals surface area contributed by atoms with Gasteiger partial charge in [-0.15, -0.1) is 0 Å². The first-order valence-electron chi connectivity index (χ1n) is 10.6. The van der Waals surface area contributed by atoms with Gasteiger partial charge >= 0.3 is 6.18 Å². The van der Waals surface area contributed by atoms with Crippen molar-refractivity contribution in [1.29, 1.82) is 0 Å². The number of allylic oxidation sites excluding steroid dienone is 1. The Bertz CT molecular complexity index is 1170. The number of alkyl halides is 3. The molecule has 1 heterocycles. The smallest absolute Gasteiger partial charge is 0.416 e. The molecule has 168 valence electrons. The highest BCUT2D eigenvalue weighted by atomic mass is 19.4. The third kappa shape index (κ3) is 4.52. The summed E-state index contributed by atoms with van der Waals surface area (Å²) in [5, 5.41) is 3.65. The zero-order valence-corrected chi connectivity index (χ0v) is 17.9. The third-order valence-corrected chi connectivity index (χ3v) is 5.61. The Balaban J connectivity index is 1.62. The second-order valence-electron chi connectivity index (χ2n) is 7.88. The average Bonchev–Trinajstić information content (AvgIpc) is 3.10. The van der Waals surface area contributed by atoms with Gasteiger partial charge in [0.1, 0.15) is 17.1 Å². The van der Waals surface area contributed by atoms with Crippen LogP contribution in [0.2, 0.25) is 0 Å². The van der Waals surface area contributed by atoms with Crippen molar-refractivity contribution in [2.45, 2.75) is 45.7 Å². The second-order valence-corrected chi connectivity index (χ2v) is 7.88. The van der Waals surface area contributed by atoms with E-state index in [4.69, 9.17) is 9.15 Å². The Kier molecular flexibility index (Phi) is 6.00. The molecule has 4 rings (SSSR count). The topological polar surface area (TPSA) is 51.5 Å². The van der Waals surface area contributed by atoms with Crippen molar-refractivity contribution in [1.82, 2.24) is 0 Å². The van der Waals surface area contributed by atoms with Gasteiger partial charge in [-0.3, -0.25) is 4.79 Å². The molecule has 1 N–H and O–H groups in total. The number of rotatable bonds is 5. The molecular weight excluding hydrogens is 419 g/mol. The van der Waals surface area contributed by atoms with Crippen molar-refractivity contribution < 1.29 is 27.1 Å². The van der Waals surface area contributed by atoms with Gasteiger partial charge in [-0.2, -0.15) is 13.2 Å². The van der Waals surface area contributed by atoms with Gasteiger partial charge in [-0.25, -0.2) is 0 Å². The number of benzene rings is 2. The Hall–Kier alpha value is -3.22. The van der Waals surface area contributed by atoms with Gasteiger partial charge in [0.2, 0.25) is 5.91 Å². The first-order valence-corrected chi connectivity index (χ1v) is 10.6. The van der Waals surface area contributed by atoms with Gasteiger partial charge in [0, 0.05) is 40.8 Å². The summed E-state index contributed by atoms with van der Waals surface area (Å²) in [6.07, 6.45) is 1.13. The number of carbonyl (C=O) groups is 1. The zero-order chi connectivity index (χ0) is 22.9. The molecule has 32 heavy (non-hydrogen) atoms. The summed E-state index contributed by atoms with van der Waals surface area (Å²) in [5.74, 6) is 1.22. The molecule has 3 aromatic rings. The summed E-state index contributed by atoms with van der Waals surface area (Å²) >= 11 is 0. The van der Waals surface area contributed by atoms with E-state index in [1.54, 1.807) is 0 Å². The van der Waals surface area contributed by atoms with E-state index in [0.29, 0.717) is 17.9 Å². The molecular formula is C25H24F3NO3. The molecule has 1 aliphatic carbocycles. The van der Waals surface area contributed by atoms with Crippen LogP contribution in [0.3, 0.4) is 0 Å². The van der Waals surface area contributed by atoms with Crippen LogP contribution in [0.5, 0.6) is 5.75 Å². The van der Waals surface area contributed by atoms with Crippen molar-refractivity contribution in [3.8, 4) is 5.75 Å². The summed E-state index contributed by atoms with van der Waals surface area (Å²) in [6.45, 7) is 4.16. The van der Waals surface area contributed by atoms with Gasteiger partial charge in [0.25, 0.3) is 0 Å². The Morgan fingerprint density at radius 1 is 1.16 bits per heavy atom. The number of hydrogen-bond donors (Lipinski definition) is 1. The number of fused-ring (bicyclic) bond motifs is 3. The number of aryl methyl sites for hydroxylation is 2. The normalized spacial score (nSPS) is 14.3. The van der Waals surface area contributed by atoms with Crippen LogP contribution in [0, 0.1) is 0 Å². The SMILES string of the molecule is CCOc1cc2oc3c(c2cc1/C(C)=C/C(=O)Nc1ccc(C(F)(F)F)cc1)CCCC3. The number of amides is 1. The molecule has 0 aliphatic heterocycles. The summed E-state index contributed by atoms with van der Waals surface area (Å²) < 4.78 is 50.0. The lowest BCUT2D eigenvalue weighted by molar-refractivity contribution is -0.137. The molecule has 4 nitrogen and oxygen atoms in total. The molecule has 7 heteroatoms. The minimum atomic E-state index is -4.42. The number of ether oxygens (including phenoxy) is 1. The third-order valence-electron chi connectivity index (χ3n) is 5.61. The van der Waals surface area contributed by atoms with Gasteiger partial charge in [0.05, 0.1) is 12.2 Å². The van der Waals surface area contributed by atoms with Crippen LogP contribution in [0.1, 0.15) is 49.1 Å². The van der Waals surface area contributed by atoms with E-state index in [1.807, 2.05) is 26.0 Å². The number of anilines is 1. The number of halogens is 3. The summed E-state index contributed by atoms with van der Waals surface area (Å²) in [7, 11) is 0. The van der Waals surface area contributed by atoms with Crippen molar-refractivity contribution in [3.63, 3.8) is 0 Å². The molecule has 0 saturated heterocycles. The van der Waals surface area contributed by atoms with Crippen molar-refractivity contribution in [2.24, 2.45) is 0 Å². The summed E-state index contributed by atoms with van der Waals surface area (Å²) in [5.41, 5.74) is 3.00. The summed E-state index contributed by atoms with van der Waals surface area (Å²) in [4.78, 5) is 12.5. The quantitative estimate of drug-likeness (QED) is 0.443. The molecule has 0 spiro atoms. The fraction of sp³-hybridized carbons (Fsp3) is 0.320. The first-order chi connectivity index (χ1) is 15.3. The van der Waals surface area contributed by atoms with Crippen molar-refractivity contribution >= 4 is 28.1 Å². The van der Waals surface area contributed by atoms with Crippen LogP contribution in [0.4, 0.5) is 18.9 Å². The van der Waals surface area contributed by atoms with Gasteiger partial charge < -0.3 is 14.5 Å². The predicted molar refractivity (Wildman–Crippen MR) is 118 cm³/mol. The lowest BCUT2D eigenvalue weighted by Crippen LogP contribution is -2.10. The van der Waals surface area contributed by atoms with Gasteiger partial charge in [-0.1, -0.05) is 0 Å². The molecule has 0 fully saturated rings. The lowest BCUT2D eigenvalue weighted by atomic mass is 9.94. The molecule has 0 unspecified atom stereocenters. The largest absolute Gasteiger partial charge is 0.493 e. The van der Waals surface area contributed by atoms with Gasteiger partial charge in [-0.05, 0) is 69.0 Å². The Morgan fingerprint density at radius 2 is 1.88 bits per heavy atom. The predicted octanol–water partition coefficient (Wildman–Crippen LogP) is 6.77. The molecule has 2 aromatic carbocycles. The molecule has 1 aliphatic rings. The van der Waals surface area contributed by atoms with E-state index in [9.17, 15) is 18.0 Å². The molecule has 0 radical (unpaired) electrons. The molecule has 0 bridgehead atoms. The Labute approximate surface area is 184 Å². The van der Waals surface area contributed by atoms with Crippen LogP contribution >= 0.6 is 0 Å². The highest BCUT2D eigenvalue weighted by molar-refractivity contribution is 6.04. The van der Waals surface area contributed by atoms with E-state index in [2.05, 4.69) is 5.32 Å². The molecule has 1 aromatic heterocycles. The van der Waals surface area contributed by atoms with Crippen LogP contribution in [0.25, 0.3) is 16.5 Å². The van der Waals surface area contributed by atoms with E-state index >= 15 is 0 Å². The van der Waals surface area contributed by atoms with E-state index < -0.39 is 17.6 Å². The van der Waals surface area contributed by atoms with Crippen LogP contribution < -0.4 is 10.1 Å². The van der Waals surface area contributed by atoms with Gasteiger partial charge in [0.15, 0.2) is 0 Å². The average molecular weight is 443 g/mol. The number of carbonyl (C=O) groups excluding carboxylic acids is 1. The maximum atomic E-state index is 12.7. The first kappa shape index (κ1) is 22.0. The lowest BCUT2D eigenvalue weighted by Gasteiger charge is -2.12. The summed E-state index contributed by atoms with van der Waals surface area (Å²) in [6, 6.07) is 8.23. The number of nitrogens with one attached hydrogen (secondary N) is 1. The highest BCUT2D eigenvalue weighted by Gasteiger charge is 2.30. The van der Waals surface area contributed by atoms with E-state index in [1.165, 1.54) is 23.8 Å². The molecule has 0 saturated carbocycles. The number of hydrogen-bond acceptors (Lipinski definition) is 3. The monoisotopic (exact) mass is 443 g/mol. The maximum absolute atomic E-state index is 12.7. The zero-order valence-electron chi connectivity index (χ0n) is 17.9. The molecule has 1 amide bonds. The fourth-order valence-corrected chi connectivity index (χ4v) is 4.07. The van der Waals surface area contributed by atoms with Crippen molar-refractivity contribution in [2.75, 3.05) is 11.9 Å². The van der Waals surface area contributed by atoms with E-state index in [-0.39, 0.29) is 5.69 Å². The minimum Gasteiger partial charge on any atom is -0.493 e. The highest BCUT2D eigenvalue weighted by Crippen LogP contribution is 2.38. The van der Waals surface area contributed by atoms with Crippen LogP contribution in [-0.4, -0.2) is 12.5 Å². The molecule has 0 atom stereocenters. The second kappa shape index (κ2) is 8.73. The number of furan rings is 1. The van der Waals surface area contributed by atoms with Crippen LogP contribution in [-0.2, 0) is 23.8 Å². The Morgan fingerprint density at radius 3 is 2.56 bits per heavy atom. The maximum Gasteiger partial charge on any atom is 0.416 e. The van der Waals surface area contributed by atoms with Crippen molar-refractivity contribution in [3.05, 3.63) is 64.9 Å². The van der Waals surface area contributed by atoms with E-state index in [0.717, 1.165) is 60.1 Å². The minimum absolute atomic E-state index is 0.288.